The number of nitrogens with one attached hydrogen (secondary N) is 2. The van der Waals surface area contributed by atoms with Gasteiger partial charge in [0.1, 0.15) is 5.82 Å². The van der Waals surface area contributed by atoms with Gasteiger partial charge in [0.05, 0.1) is 5.56 Å². The monoisotopic (exact) mass is 222 g/mol. The minimum absolute atomic E-state index is 0.0861. The summed E-state index contributed by atoms with van der Waals surface area (Å²) in [5.41, 5.74) is 0.581. The average Bonchev–Trinajstić information content (AvgIpc) is 2.28. The third kappa shape index (κ3) is 3.86. The molecule has 0 bridgehead atoms. The summed E-state index contributed by atoms with van der Waals surface area (Å²) in [5.74, 6) is 0.668. The number of aromatic nitrogens is 1. The minimum Gasteiger partial charge on any atom is -0.373 e. The second kappa shape index (κ2) is 6.07. The number of amides is 1. The molecule has 0 saturated carbocycles. The van der Waals surface area contributed by atoms with E-state index in [-0.39, 0.29) is 5.91 Å². The highest BCUT2D eigenvalue weighted by atomic mass is 16.1. The van der Waals surface area contributed by atoms with Crippen molar-refractivity contribution in [2.75, 3.05) is 39.5 Å². The Bertz CT molecular complexity index is 334. The van der Waals surface area contributed by atoms with Gasteiger partial charge in [-0.25, -0.2) is 4.98 Å². The zero-order valence-electron chi connectivity index (χ0n) is 9.95. The van der Waals surface area contributed by atoms with E-state index in [4.69, 9.17) is 0 Å². The highest BCUT2D eigenvalue weighted by Gasteiger charge is 2.04. The van der Waals surface area contributed by atoms with Crippen LogP contribution in [-0.4, -0.2) is 50.0 Å². The number of anilines is 1. The number of carbonyl (C=O) groups is 1. The molecule has 1 amide bonds. The largest absolute Gasteiger partial charge is 0.373 e. The van der Waals surface area contributed by atoms with Gasteiger partial charge in [-0.05, 0) is 26.2 Å². The van der Waals surface area contributed by atoms with Crippen molar-refractivity contribution in [2.24, 2.45) is 0 Å². The van der Waals surface area contributed by atoms with Gasteiger partial charge in [0, 0.05) is 26.3 Å². The van der Waals surface area contributed by atoms with Crippen LogP contribution in [0.1, 0.15) is 10.4 Å². The molecule has 2 N–H and O–H groups in total. The Morgan fingerprint density at radius 2 is 2.19 bits per heavy atom. The smallest absolute Gasteiger partial charge is 0.252 e. The van der Waals surface area contributed by atoms with Gasteiger partial charge in [-0.3, -0.25) is 4.79 Å². The Balaban J connectivity index is 2.46. The number of carbonyl (C=O) groups excluding carboxylic acids is 1. The summed E-state index contributed by atoms with van der Waals surface area (Å²) in [6, 6.07) is 3.53. The van der Waals surface area contributed by atoms with Gasteiger partial charge in [0.15, 0.2) is 0 Å². The summed E-state index contributed by atoms with van der Waals surface area (Å²) in [7, 11) is 5.73. The zero-order valence-corrected chi connectivity index (χ0v) is 9.95. The molecule has 0 fully saturated rings. The van der Waals surface area contributed by atoms with E-state index in [0.717, 1.165) is 12.4 Å². The van der Waals surface area contributed by atoms with Gasteiger partial charge in [0.2, 0.25) is 0 Å². The van der Waals surface area contributed by atoms with Crippen molar-refractivity contribution in [2.45, 2.75) is 0 Å². The quantitative estimate of drug-likeness (QED) is 0.758. The molecule has 0 radical (unpaired) electrons. The predicted octanol–water partition coefficient (Wildman–Crippen LogP) is 0.415. The van der Waals surface area contributed by atoms with Crippen LogP contribution < -0.4 is 10.6 Å². The number of pyridine rings is 1. The van der Waals surface area contributed by atoms with Crippen molar-refractivity contribution in [3.8, 4) is 0 Å². The first-order valence-electron chi connectivity index (χ1n) is 5.20. The molecule has 1 aromatic heterocycles. The zero-order chi connectivity index (χ0) is 12.0. The van der Waals surface area contributed by atoms with Crippen molar-refractivity contribution < 1.29 is 4.79 Å². The summed E-state index contributed by atoms with van der Waals surface area (Å²) in [6.45, 7) is 1.47. The Morgan fingerprint density at radius 1 is 1.44 bits per heavy atom. The molecule has 1 heterocycles. The second-order valence-electron chi connectivity index (χ2n) is 3.74. The molecule has 0 aromatic carbocycles. The Labute approximate surface area is 95.9 Å². The Hall–Kier alpha value is -1.62. The van der Waals surface area contributed by atoms with E-state index in [1.165, 1.54) is 0 Å². The first-order chi connectivity index (χ1) is 7.63. The van der Waals surface area contributed by atoms with E-state index in [1.54, 1.807) is 25.4 Å². The lowest BCUT2D eigenvalue weighted by molar-refractivity contribution is 0.0950. The van der Waals surface area contributed by atoms with Crippen molar-refractivity contribution in [3.63, 3.8) is 0 Å². The van der Waals surface area contributed by atoms with Crippen LogP contribution in [0.25, 0.3) is 0 Å². The molecule has 1 rings (SSSR count). The van der Waals surface area contributed by atoms with Crippen LogP contribution >= 0.6 is 0 Å². The maximum Gasteiger partial charge on any atom is 0.252 e. The number of nitrogens with zero attached hydrogens (tertiary/aromatic N) is 2. The molecule has 0 aliphatic heterocycles. The van der Waals surface area contributed by atoms with Crippen LogP contribution in [0.4, 0.5) is 5.82 Å². The van der Waals surface area contributed by atoms with E-state index in [9.17, 15) is 4.79 Å². The van der Waals surface area contributed by atoms with Crippen LogP contribution in [-0.2, 0) is 0 Å². The molecule has 0 aliphatic carbocycles. The molecule has 0 saturated heterocycles. The van der Waals surface area contributed by atoms with E-state index in [1.807, 2.05) is 19.0 Å². The Morgan fingerprint density at radius 3 is 2.69 bits per heavy atom. The lowest BCUT2D eigenvalue weighted by Gasteiger charge is -2.10. The predicted molar refractivity (Wildman–Crippen MR) is 64.7 cm³/mol. The maximum absolute atomic E-state index is 11.6. The highest BCUT2D eigenvalue weighted by Crippen LogP contribution is 2.03. The molecule has 1 aromatic rings. The van der Waals surface area contributed by atoms with Crippen molar-refractivity contribution in [1.82, 2.24) is 15.2 Å². The standard InChI is InChI=1S/C11H18N4O/c1-12-10-5-4-9(8-14-10)11(16)13-6-7-15(2)3/h4-5,8H,6-7H2,1-3H3,(H,12,14)(H,13,16). The summed E-state index contributed by atoms with van der Waals surface area (Å²) < 4.78 is 0. The number of likely N-dealkylation sites (N-methyl/N-ethyl adjacent to an activating group) is 1. The van der Waals surface area contributed by atoms with E-state index in [2.05, 4.69) is 15.6 Å². The summed E-state index contributed by atoms with van der Waals surface area (Å²) in [5, 5.41) is 5.73. The third-order valence-electron chi connectivity index (χ3n) is 2.13. The summed E-state index contributed by atoms with van der Waals surface area (Å²) in [6.07, 6.45) is 1.57. The fraction of sp³-hybridized carbons (Fsp3) is 0.455. The van der Waals surface area contributed by atoms with Gasteiger partial charge in [-0.1, -0.05) is 0 Å². The molecule has 5 nitrogen and oxygen atoms in total. The first kappa shape index (κ1) is 12.4. The molecule has 0 spiro atoms. The first-order valence-corrected chi connectivity index (χ1v) is 5.20. The maximum atomic E-state index is 11.6. The second-order valence-corrected chi connectivity index (χ2v) is 3.74. The van der Waals surface area contributed by atoms with Crippen LogP contribution in [0, 0.1) is 0 Å². The molecular formula is C11H18N4O. The molecule has 0 atom stereocenters. The van der Waals surface area contributed by atoms with Crippen LogP contribution in [0.15, 0.2) is 18.3 Å². The number of hydrogen-bond donors (Lipinski definition) is 2. The SMILES string of the molecule is CNc1ccc(C(=O)NCCN(C)C)cn1. The van der Waals surface area contributed by atoms with Crippen LogP contribution in [0.3, 0.4) is 0 Å². The number of hydrogen-bond acceptors (Lipinski definition) is 4. The van der Waals surface area contributed by atoms with E-state index in [0.29, 0.717) is 12.1 Å². The average molecular weight is 222 g/mol. The van der Waals surface area contributed by atoms with Gasteiger partial charge < -0.3 is 15.5 Å². The molecular weight excluding hydrogens is 204 g/mol. The molecule has 16 heavy (non-hydrogen) atoms. The highest BCUT2D eigenvalue weighted by molar-refractivity contribution is 5.94. The van der Waals surface area contributed by atoms with Gasteiger partial charge >= 0.3 is 0 Å². The lowest BCUT2D eigenvalue weighted by atomic mass is 10.2. The third-order valence-corrected chi connectivity index (χ3v) is 2.13. The molecule has 0 aliphatic rings. The van der Waals surface area contributed by atoms with Crippen LogP contribution in [0.2, 0.25) is 0 Å². The van der Waals surface area contributed by atoms with Gasteiger partial charge in [-0.15, -0.1) is 0 Å². The van der Waals surface area contributed by atoms with Crippen LogP contribution in [0.5, 0.6) is 0 Å². The van der Waals surface area contributed by atoms with Crippen molar-refractivity contribution in [1.29, 1.82) is 0 Å². The van der Waals surface area contributed by atoms with Gasteiger partial charge in [0.25, 0.3) is 5.91 Å². The lowest BCUT2D eigenvalue weighted by Crippen LogP contribution is -2.31. The normalized spacial score (nSPS) is 10.2. The Kier molecular flexibility index (Phi) is 4.72. The van der Waals surface area contributed by atoms with E-state index < -0.39 is 0 Å². The summed E-state index contributed by atoms with van der Waals surface area (Å²) >= 11 is 0. The molecule has 5 heteroatoms. The molecule has 0 unspecified atom stereocenters. The summed E-state index contributed by atoms with van der Waals surface area (Å²) in [4.78, 5) is 17.7. The molecule has 88 valence electrons. The number of rotatable bonds is 5. The minimum atomic E-state index is -0.0861. The fourth-order valence-corrected chi connectivity index (χ4v) is 1.17. The topological polar surface area (TPSA) is 57.3 Å². The van der Waals surface area contributed by atoms with Crippen molar-refractivity contribution in [3.05, 3.63) is 23.9 Å². The van der Waals surface area contributed by atoms with E-state index >= 15 is 0 Å². The van der Waals surface area contributed by atoms with Gasteiger partial charge in [-0.2, -0.15) is 0 Å². The van der Waals surface area contributed by atoms with Crippen molar-refractivity contribution >= 4 is 11.7 Å². The fourth-order valence-electron chi connectivity index (χ4n) is 1.17.